The number of carbonyl (C=O) groups excluding carboxylic acids is 1. The smallest absolute Gasteiger partial charge is 0.269 e. The van der Waals surface area contributed by atoms with Gasteiger partial charge in [-0.25, -0.2) is 13.4 Å². The van der Waals surface area contributed by atoms with Gasteiger partial charge in [-0.05, 0) is 43.2 Å². The van der Waals surface area contributed by atoms with Gasteiger partial charge in [0, 0.05) is 18.8 Å². The standard InChI is InChI=1S/C22H24N4O5S/c1-31-19-10-9-16(13-20(19)32(29,30)25-11-5-2-6-12-25)24-21(27)15-26-18-8-4-3-7-17(18)23-14-22(26)28/h3-4,7-10,13-14H,2,5-6,11-12,15H2,1H3,(H,24,27). The first-order valence-corrected chi connectivity index (χ1v) is 11.8. The van der Waals surface area contributed by atoms with Gasteiger partial charge in [0.25, 0.3) is 5.56 Å². The summed E-state index contributed by atoms with van der Waals surface area (Å²) in [6.45, 7) is 0.683. The molecular weight excluding hydrogens is 432 g/mol. The normalized spacial score (nSPS) is 14.9. The average Bonchev–Trinajstić information content (AvgIpc) is 2.81. The molecule has 0 spiro atoms. The highest BCUT2D eigenvalue weighted by atomic mass is 32.2. The molecule has 0 unspecified atom stereocenters. The lowest BCUT2D eigenvalue weighted by Crippen LogP contribution is -2.35. The molecule has 9 nitrogen and oxygen atoms in total. The number of ether oxygens (including phenoxy) is 1. The van der Waals surface area contributed by atoms with Crippen LogP contribution in [0.4, 0.5) is 5.69 Å². The molecule has 0 atom stereocenters. The maximum absolute atomic E-state index is 13.2. The van der Waals surface area contributed by atoms with Crippen LogP contribution >= 0.6 is 0 Å². The van der Waals surface area contributed by atoms with Crippen molar-refractivity contribution >= 4 is 32.7 Å². The Bertz CT molecular complexity index is 1310. The topological polar surface area (TPSA) is 111 Å². The summed E-state index contributed by atoms with van der Waals surface area (Å²) in [4.78, 5) is 29.1. The van der Waals surface area contributed by atoms with Gasteiger partial charge in [-0.1, -0.05) is 18.6 Å². The molecule has 2 heterocycles. The number of hydrogen-bond acceptors (Lipinski definition) is 6. The SMILES string of the molecule is COc1ccc(NC(=O)Cn2c(=O)cnc3ccccc32)cc1S(=O)(=O)N1CCCCC1. The molecule has 1 aliphatic rings. The molecule has 3 aromatic rings. The second-order valence-electron chi connectivity index (χ2n) is 7.55. The molecule has 168 valence electrons. The van der Waals surface area contributed by atoms with Crippen molar-refractivity contribution in [2.75, 3.05) is 25.5 Å². The summed E-state index contributed by atoms with van der Waals surface area (Å²) in [7, 11) is -2.36. The second-order valence-corrected chi connectivity index (χ2v) is 9.46. The van der Waals surface area contributed by atoms with Gasteiger partial charge in [0.2, 0.25) is 15.9 Å². The number of aromatic nitrogens is 2. The van der Waals surface area contributed by atoms with Crippen LogP contribution in [0.15, 0.2) is 58.4 Å². The molecule has 1 fully saturated rings. The number of para-hydroxylation sites is 2. The summed E-state index contributed by atoms with van der Waals surface area (Å²) in [6.07, 6.45) is 3.80. The van der Waals surface area contributed by atoms with Crippen LogP contribution in [0.25, 0.3) is 11.0 Å². The molecule has 0 bridgehead atoms. The summed E-state index contributed by atoms with van der Waals surface area (Å²) in [5.74, 6) is -0.250. The number of amides is 1. The van der Waals surface area contributed by atoms with Crippen molar-refractivity contribution in [3.63, 3.8) is 0 Å². The highest BCUT2D eigenvalue weighted by Crippen LogP contribution is 2.31. The summed E-state index contributed by atoms with van der Waals surface area (Å²) >= 11 is 0. The summed E-state index contributed by atoms with van der Waals surface area (Å²) < 4.78 is 34.4. The summed E-state index contributed by atoms with van der Waals surface area (Å²) in [5, 5.41) is 2.69. The predicted octanol–water partition coefficient (Wildman–Crippen LogP) is 2.22. The molecule has 4 rings (SSSR count). The Kier molecular flexibility index (Phi) is 6.24. The fraction of sp³-hybridized carbons (Fsp3) is 0.318. The van der Waals surface area contributed by atoms with Gasteiger partial charge in [0.05, 0.1) is 24.3 Å². The van der Waals surface area contributed by atoms with Crippen molar-refractivity contribution in [2.24, 2.45) is 0 Å². The minimum atomic E-state index is -3.76. The zero-order valence-electron chi connectivity index (χ0n) is 17.7. The van der Waals surface area contributed by atoms with Gasteiger partial charge in [-0.2, -0.15) is 4.31 Å². The molecule has 0 radical (unpaired) electrons. The lowest BCUT2D eigenvalue weighted by atomic mass is 10.2. The molecule has 32 heavy (non-hydrogen) atoms. The van der Waals surface area contributed by atoms with E-state index in [1.165, 1.54) is 34.3 Å². The van der Waals surface area contributed by atoms with E-state index >= 15 is 0 Å². The molecule has 0 saturated carbocycles. The van der Waals surface area contributed by atoms with Crippen LogP contribution in [-0.4, -0.2) is 48.4 Å². The Hall–Kier alpha value is -3.24. The molecule has 10 heteroatoms. The molecule has 2 aromatic carbocycles. The highest BCUT2D eigenvalue weighted by Gasteiger charge is 2.29. The third-order valence-corrected chi connectivity index (χ3v) is 7.35. The maximum atomic E-state index is 13.2. The lowest BCUT2D eigenvalue weighted by molar-refractivity contribution is -0.116. The summed E-state index contributed by atoms with van der Waals surface area (Å²) in [6, 6.07) is 11.5. The molecule has 1 aromatic heterocycles. The van der Waals surface area contributed by atoms with Crippen molar-refractivity contribution < 1.29 is 17.9 Å². The van der Waals surface area contributed by atoms with Crippen LogP contribution in [-0.2, 0) is 21.4 Å². The van der Waals surface area contributed by atoms with E-state index in [1.54, 1.807) is 30.3 Å². The van der Waals surface area contributed by atoms with Gasteiger partial charge in [0.15, 0.2) is 0 Å². The number of sulfonamides is 1. The van der Waals surface area contributed by atoms with Gasteiger partial charge in [-0.3, -0.25) is 14.2 Å². The Morgan fingerprint density at radius 2 is 1.88 bits per heavy atom. The average molecular weight is 457 g/mol. The maximum Gasteiger partial charge on any atom is 0.269 e. The number of hydrogen-bond donors (Lipinski definition) is 1. The van der Waals surface area contributed by atoms with Crippen LogP contribution < -0.4 is 15.6 Å². The van der Waals surface area contributed by atoms with E-state index in [-0.39, 0.29) is 17.2 Å². The van der Waals surface area contributed by atoms with E-state index in [0.717, 1.165) is 19.3 Å². The Morgan fingerprint density at radius 1 is 1.12 bits per heavy atom. The van der Waals surface area contributed by atoms with Crippen molar-refractivity contribution in [3.05, 3.63) is 59.0 Å². The second kappa shape index (κ2) is 9.09. The molecule has 0 aliphatic carbocycles. The number of nitrogens with one attached hydrogen (secondary N) is 1. The van der Waals surface area contributed by atoms with Crippen molar-refractivity contribution in [3.8, 4) is 5.75 Å². The van der Waals surface area contributed by atoms with E-state index < -0.39 is 21.5 Å². The lowest BCUT2D eigenvalue weighted by Gasteiger charge is -2.26. The fourth-order valence-electron chi connectivity index (χ4n) is 3.82. The highest BCUT2D eigenvalue weighted by molar-refractivity contribution is 7.89. The van der Waals surface area contributed by atoms with Crippen molar-refractivity contribution in [1.82, 2.24) is 13.9 Å². The molecule has 1 aliphatic heterocycles. The van der Waals surface area contributed by atoms with Gasteiger partial charge in [0.1, 0.15) is 17.2 Å². The third kappa shape index (κ3) is 4.37. The van der Waals surface area contributed by atoms with Crippen LogP contribution in [0.1, 0.15) is 19.3 Å². The number of anilines is 1. The first-order chi connectivity index (χ1) is 15.4. The zero-order chi connectivity index (χ0) is 22.7. The van der Waals surface area contributed by atoms with Crippen LogP contribution in [0.2, 0.25) is 0 Å². The minimum Gasteiger partial charge on any atom is -0.495 e. The molecular formula is C22H24N4O5S. The quantitative estimate of drug-likeness (QED) is 0.609. The molecule has 1 N–H and O–H groups in total. The number of carbonyl (C=O) groups is 1. The van der Waals surface area contributed by atoms with Gasteiger partial charge in [-0.15, -0.1) is 0 Å². The predicted molar refractivity (Wildman–Crippen MR) is 120 cm³/mol. The van der Waals surface area contributed by atoms with Crippen LogP contribution in [0, 0.1) is 0 Å². The Morgan fingerprint density at radius 3 is 2.62 bits per heavy atom. The van der Waals surface area contributed by atoms with E-state index in [2.05, 4.69) is 10.3 Å². The van der Waals surface area contributed by atoms with Crippen LogP contribution in [0.3, 0.4) is 0 Å². The third-order valence-electron chi connectivity index (χ3n) is 5.43. The number of benzene rings is 2. The minimum absolute atomic E-state index is 0.00577. The molecule has 1 amide bonds. The largest absolute Gasteiger partial charge is 0.495 e. The van der Waals surface area contributed by atoms with Crippen molar-refractivity contribution in [2.45, 2.75) is 30.7 Å². The number of methoxy groups -OCH3 is 1. The summed E-state index contributed by atoms with van der Waals surface area (Å²) in [5.41, 5.74) is 1.04. The molecule has 1 saturated heterocycles. The van der Waals surface area contributed by atoms with E-state index in [4.69, 9.17) is 4.74 Å². The van der Waals surface area contributed by atoms with E-state index in [9.17, 15) is 18.0 Å². The Balaban J connectivity index is 1.60. The number of nitrogens with zero attached hydrogens (tertiary/aromatic N) is 3. The fourth-order valence-corrected chi connectivity index (χ4v) is 5.52. The van der Waals surface area contributed by atoms with Gasteiger partial charge < -0.3 is 10.1 Å². The monoisotopic (exact) mass is 456 g/mol. The van der Waals surface area contributed by atoms with Crippen LogP contribution in [0.5, 0.6) is 5.75 Å². The Labute approximate surface area is 185 Å². The number of rotatable bonds is 6. The van der Waals surface area contributed by atoms with E-state index in [0.29, 0.717) is 29.8 Å². The van der Waals surface area contributed by atoms with E-state index in [1.807, 2.05) is 0 Å². The first kappa shape index (κ1) is 22.0. The number of piperidine rings is 1. The van der Waals surface area contributed by atoms with Crippen molar-refractivity contribution in [1.29, 1.82) is 0 Å². The number of fused-ring (bicyclic) bond motifs is 1. The first-order valence-electron chi connectivity index (χ1n) is 10.3. The zero-order valence-corrected chi connectivity index (χ0v) is 18.5. The van der Waals surface area contributed by atoms with Gasteiger partial charge >= 0.3 is 0 Å².